The summed E-state index contributed by atoms with van der Waals surface area (Å²) in [6, 6.07) is 14.4. The molecule has 0 aliphatic carbocycles. The number of pyridine rings is 3. The fourth-order valence-corrected chi connectivity index (χ4v) is 4.27. The first-order valence-electron chi connectivity index (χ1n) is 11.6. The van der Waals surface area contributed by atoms with Crippen LogP contribution in [-0.2, 0) is 0 Å². The van der Waals surface area contributed by atoms with Crippen LogP contribution in [0.4, 0.5) is 10.1 Å². The number of benzene rings is 1. The van der Waals surface area contributed by atoms with E-state index in [9.17, 15) is 4.39 Å². The third-order valence-electron chi connectivity index (χ3n) is 6.13. The number of hydrogen-bond donors (Lipinski definition) is 3. The van der Waals surface area contributed by atoms with Crippen LogP contribution in [0.25, 0.3) is 55.7 Å². The topological polar surface area (TPSA) is 95.2 Å². The zero-order valence-corrected chi connectivity index (χ0v) is 19.5. The summed E-state index contributed by atoms with van der Waals surface area (Å²) in [5.41, 5.74) is 8.16. The standard InChI is InChI=1S/C28H22FN7/c1-3-16(2)33-20-10-18(13-30-14-20)24-11-22-26(15-32-24)35-36-28(22)25-12-21-23(34-25)7-8-31-27(21)17-5-4-6-19(29)9-17/h4-15,33-34H,2-3H2,1H3,(H,35,36). The van der Waals surface area contributed by atoms with Crippen LogP contribution in [0.1, 0.15) is 13.3 Å². The summed E-state index contributed by atoms with van der Waals surface area (Å²) in [5, 5.41) is 12.7. The number of halogens is 1. The van der Waals surface area contributed by atoms with Crippen LogP contribution < -0.4 is 5.32 Å². The molecular formula is C28H22FN7. The maximum Gasteiger partial charge on any atom is 0.123 e. The van der Waals surface area contributed by atoms with Crippen LogP contribution in [0.2, 0.25) is 0 Å². The molecule has 6 rings (SSSR count). The predicted molar refractivity (Wildman–Crippen MR) is 141 cm³/mol. The van der Waals surface area contributed by atoms with E-state index < -0.39 is 0 Å². The highest BCUT2D eigenvalue weighted by atomic mass is 19.1. The Morgan fingerprint density at radius 2 is 1.83 bits per heavy atom. The van der Waals surface area contributed by atoms with Crippen LogP contribution in [0.15, 0.2) is 85.6 Å². The Morgan fingerprint density at radius 3 is 2.69 bits per heavy atom. The normalized spacial score (nSPS) is 11.3. The van der Waals surface area contributed by atoms with Gasteiger partial charge in [0.25, 0.3) is 0 Å². The van der Waals surface area contributed by atoms with Gasteiger partial charge in [-0.25, -0.2) is 4.39 Å². The highest BCUT2D eigenvalue weighted by molar-refractivity contribution is 6.00. The van der Waals surface area contributed by atoms with Crippen molar-refractivity contribution < 1.29 is 4.39 Å². The summed E-state index contributed by atoms with van der Waals surface area (Å²) in [6.07, 6.45) is 7.87. The van der Waals surface area contributed by atoms with Crippen molar-refractivity contribution in [3.8, 4) is 33.9 Å². The molecule has 0 aliphatic rings. The van der Waals surface area contributed by atoms with Crippen molar-refractivity contribution in [2.45, 2.75) is 13.3 Å². The van der Waals surface area contributed by atoms with Crippen LogP contribution in [0, 0.1) is 5.82 Å². The number of nitrogens with one attached hydrogen (secondary N) is 3. The molecule has 8 heteroatoms. The molecule has 0 unspecified atom stereocenters. The van der Waals surface area contributed by atoms with Crippen LogP contribution in [0.5, 0.6) is 0 Å². The Bertz CT molecular complexity index is 1750. The fourth-order valence-electron chi connectivity index (χ4n) is 4.27. The average molecular weight is 476 g/mol. The molecule has 0 aliphatic heterocycles. The lowest BCUT2D eigenvalue weighted by atomic mass is 10.1. The molecule has 0 atom stereocenters. The van der Waals surface area contributed by atoms with E-state index in [1.54, 1.807) is 30.9 Å². The second-order valence-corrected chi connectivity index (χ2v) is 8.55. The lowest BCUT2D eigenvalue weighted by molar-refractivity contribution is 0.628. The number of hydrogen-bond acceptors (Lipinski definition) is 5. The number of aromatic amines is 2. The van der Waals surface area contributed by atoms with Crippen molar-refractivity contribution in [1.29, 1.82) is 0 Å². The Labute approximate surface area is 206 Å². The summed E-state index contributed by atoms with van der Waals surface area (Å²) < 4.78 is 13.9. The molecule has 0 saturated carbocycles. The van der Waals surface area contributed by atoms with E-state index in [2.05, 4.69) is 42.0 Å². The van der Waals surface area contributed by atoms with Crippen LogP contribution >= 0.6 is 0 Å². The zero-order valence-electron chi connectivity index (χ0n) is 19.5. The molecule has 5 heterocycles. The summed E-state index contributed by atoms with van der Waals surface area (Å²) in [7, 11) is 0. The second kappa shape index (κ2) is 8.74. The first-order valence-corrected chi connectivity index (χ1v) is 11.6. The first kappa shape index (κ1) is 21.7. The van der Waals surface area contributed by atoms with Crippen molar-refractivity contribution in [2.24, 2.45) is 0 Å². The highest BCUT2D eigenvalue weighted by Gasteiger charge is 2.16. The molecular weight excluding hydrogens is 453 g/mol. The van der Waals surface area contributed by atoms with Gasteiger partial charge in [-0.3, -0.25) is 20.1 Å². The molecule has 0 saturated heterocycles. The smallest absolute Gasteiger partial charge is 0.123 e. The molecule has 36 heavy (non-hydrogen) atoms. The SMILES string of the molecule is C=C(CC)Nc1cncc(-c2cc3c(-c4cc5c(-c6cccc(F)c6)nccc5[nH]4)n[nH]c3cn2)c1. The van der Waals surface area contributed by atoms with Crippen molar-refractivity contribution in [3.63, 3.8) is 0 Å². The number of H-pyrrole nitrogens is 2. The largest absolute Gasteiger partial charge is 0.358 e. The molecule has 6 aromatic rings. The average Bonchev–Trinajstić information content (AvgIpc) is 3.52. The number of nitrogens with zero attached hydrogens (tertiary/aromatic N) is 4. The second-order valence-electron chi connectivity index (χ2n) is 8.55. The van der Waals surface area contributed by atoms with Gasteiger partial charge in [-0.15, -0.1) is 0 Å². The number of anilines is 1. The third kappa shape index (κ3) is 3.88. The maximum atomic E-state index is 13.9. The third-order valence-corrected chi connectivity index (χ3v) is 6.13. The van der Waals surface area contributed by atoms with Gasteiger partial charge in [0.2, 0.25) is 0 Å². The number of fused-ring (bicyclic) bond motifs is 2. The summed E-state index contributed by atoms with van der Waals surface area (Å²) in [5.74, 6) is -0.298. The van der Waals surface area contributed by atoms with Crippen LogP contribution in [-0.4, -0.2) is 30.1 Å². The molecule has 3 N–H and O–H groups in total. The number of aromatic nitrogens is 6. The summed E-state index contributed by atoms with van der Waals surface area (Å²) in [6.45, 7) is 6.05. The van der Waals surface area contributed by atoms with E-state index in [1.165, 1.54) is 12.1 Å². The molecule has 7 nitrogen and oxygen atoms in total. The number of rotatable bonds is 6. The van der Waals surface area contributed by atoms with E-state index in [0.717, 1.165) is 67.8 Å². The molecule has 5 aromatic heterocycles. The van der Waals surface area contributed by atoms with Crippen molar-refractivity contribution in [3.05, 3.63) is 91.4 Å². The minimum absolute atomic E-state index is 0.298. The quantitative estimate of drug-likeness (QED) is 0.249. The Kier molecular flexibility index (Phi) is 5.26. The molecule has 0 fully saturated rings. The minimum atomic E-state index is -0.298. The Hall–Kier alpha value is -4.85. The van der Waals surface area contributed by atoms with E-state index in [-0.39, 0.29) is 5.82 Å². The van der Waals surface area contributed by atoms with Gasteiger partial charge in [0.1, 0.15) is 11.5 Å². The predicted octanol–water partition coefficient (Wildman–Crippen LogP) is 6.70. The van der Waals surface area contributed by atoms with Gasteiger partial charge in [0.15, 0.2) is 0 Å². The van der Waals surface area contributed by atoms with Gasteiger partial charge >= 0.3 is 0 Å². The summed E-state index contributed by atoms with van der Waals surface area (Å²) >= 11 is 0. The lowest BCUT2D eigenvalue weighted by Crippen LogP contribution is -1.97. The maximum absolute atomic E-state index is 13.9. The highest BCUT2D eigenvalue weighted by Crippen LogP contribution is 2.34. The fraction of sp³-hybridized carbons (Fsp3) is 0.0714. The van der Waals surface area contributed by atoms with Gasteiger partial charge in [-0.2, -0.15) is 5.10 Å². The first-order chi connectivity index (χ1) is 17.6. The molecule has 0 spiro atoms. The molecule has 0 radical (unpaired) electrons. The lowest BCUT2D eigenvalue weighted by Gasteiger charge is -2.08. The van der Waals surface area contributed by atoms with Gasteiger partial charge in [0.05, 0.1) is 40.7 Å². The van der Waals surface area contributed by atoms with E-state index in [1.807, 2.05) is 37.3 Å². The Morgan fingerprint density at radius 1 is 0.944 bits per heavy atom. The van der Waals surface area contributed by atoms with Gasteiger partial charge in [0, 0.05) is 45.5 Å². The monoisotopic (exact) mass is 475 g/mol. The number of allylic oxidation sites excluding steroid dienone is 1. The Balaban J connectivity index is 1.43. The van der Waals surface area contributed by atoms with Gasteiger partial charge < -0.3 is 10.3 Å². The van der Waals surface area contributed by atoms with Crippen molar-refractivity contribution in [1.82, 2.24) is 30.1 Å². The molecule has 0 bridgehead atoms. The van der Waals surface area contributed by atoms with E-state index >= 15 is 0 Å². The van der Waals surface area contributed by atoms with Crippen molar-refractivity contribution >= 4 is 27.5 Å². The summed E-state index contributed by atoms with van der Waals surface area (Å²) in [4.78, 5) is 16.9. The zero-order chi connectivity index (χ0) is 24.6. The van der Waals surface area contributed by atoms with E-state index in [0.29, 0.717) is 5.69 Å². The van der Waals surface area contributed by atoms with E-state index in [4.69, 9.17) is 0 Å². The van der Waals surface area contributed by atoms with Crippen molar-refractivity contribution in [2.75, 3.05) is 5.32 Å². The van der Waals surface area contributed by atoms with Gasteiger partial charge in [-0.1, -0.05) is 25.6 Å². The van der Waals surface area contributed by atoms with Gasteiger partial charge in [-0.05, 0) is 42.8 Å². The van der Waals surface area contributed by atoms with Crippen LogP contribution in [0.3, 0.4) is 0 Å². The molecule has 0 amide bonds. The molecule has 176 valence electrons. The molecule has 1 aromatic carbocycles. The minimum Gasteiger partial charge on any atom is -0.358 e.